The van der Waals surface area contributed by atoms with Crippen molar-refractivity contribution in [3.63, 3.8) is 0 Å². The summed E-state index contributed by atoms with van der Waals surface area (Å²) in [6.07, 6.45) is 0.306. The highest BCUT2D eigenvalue weighted by Crippen LogP contribution is 2.11. The van der Waals surface area contributed by atoms with Gasteiger partial charge in [-0.3, -0.25) is 14.7 Å². The van der Waals surface area contributed by atoms with Gasteiger partial charge in [-0.05, 0) is 24.6 Å². The van der Waals surface area contributed by atoms with Crippen LogP contribution < -0.4 is 16.4 Å². The summed E-state index contributed by atoms with van der Waals surface area (Å²) in [5.74, 6) is -0.418. The molecule has 21 heavy (non-hydrogen) atoms. The molecule has 5 N–H and O–H groups in total. The fourth-order valence-corrected chi connectivity index (χ4v) is 1.72. The summed E-state index contributed by atoms with van der Waals surface area (Å²) < 4.78 is 0. The summed E-state index contributed by atoms with van der Waals surface area (Å²) in [7, 11) is 0. The Morgan fingerprint density at radius 3 is 2.57 bits per heavy atom. The van der Waals surface area contributed by atoms with Crippen molar-refractivity contribution in [3.8, 4) is 0 Å². The number of hydrogen-bond acceptors (Lipinski definition) is 5. The Balaban J connectivity index is 1.96. The highest BCUT2D eigenvalue weighted by atomic mass is 16.2. The summed E-state index contributed by atoms with van der Waals surface area (Å²) in [4.78, 5) is 27.0. The SMILES string of the molecule is CCNC(=O)Cc1ccc(NC(=O)c2nc(N)n[nH]2)cc1. The number of aromatic amines is 1. The third-order valence-corrected chi connectivity index (χ3v) is 2.67. The molecule has 2 rings (SSSR count). The molecule has 0 saturated carbocycles. The lowest BCUT2D eigenvalue weighted by molar-refractivity contribution is -0.120. The molecule has 0 bridgehead atoms. The molecule has 0 radical (unpaired) electrons. The van der Waals surface area contributed by atoms with Gasteiger partial charge in [0.25, 0.3) is 5.91 Å². The van der Waals surface area contributed by atoms with E-state index in [1.807, 2.05) is 6.92 Å². The molecule has 0 aliphatic carbocycles. The quantitative estimate of drug-likeness (QED) is 0.630. The summed E-state index contributed by atoms with van der Waals surface area (Å²) in [6, 6.07) is 6.98. The van der Waals surface area contributed by atoms with Crippen molar-refractivity contribution in [1.29, 1.82) is 0 Å². The second-order valence-electron chi connectivity index (χ2n) is 4.32. The predicted octanol–water partition coefficient (Wildman–Crippen LogP) is 0.318. The normalized spacial score (nSPS) is 10.1. The molecule has 110 valence electrons. The van der Waals surface area contributed by atoms with Gasteiger partial charge in [0, 0.05) is 12.2 Å². The number of nitrogens with zero attached hydrogens (tertiary/aromatic N) is 2. The number of nitrogens with one attached hydrogen (secondary N) is 3. The van der Waals surface area contributed by atoms with E-state index < -0.39 is 5.91 Å². The zero-order chi connectivity index (χ0) is 15.2. The average Bonchev–Trinajstić information content (AvgIpc) is 2.88. The van der Waals surface area contributed by atoms with E-state index in [2.05, 4.69) is 25.8 Å². The van der Waals surface area contributed by atoms with Gasteiger partial charge in [-0.15, -0.1) is 5.10 Å². The van der Waals surface area contributed by atoms with E-state index in [1.165, 1.54) is 0 Å². The molecule has 0 aliphatic heterocycles. The number of rotatable bonds is 5. The standard InChI is InChI=1S/C13H16N6O2/c1-2-15-10(20)7-8-3-5-9(6-4-8)16-12(21)11-17-13(14)19-18-11/h3-6H,2,7H2,1H3,(H,15,20)(H,16,21)(H3,14,17,18,19). The van der Waals surface area contributed by atoms with Gasteiger partial charge >= 0.3 is 0 Å². The molecule has 8 heteroatoms. The van der Waals surface area contributed by atoms with Crippen LogP contribution in [0.2, 0.25) is 0 Å². The fraction of sp³-hybridized carbons (Fsp3) is 0.231. The van der Waals surface area contributed by atoms with Crippen LogP contribution in [0.1, 0.15) is 23.1 Å². The molecule has 0 fully saturated rings. The maximum Gasteiger partial charge on any atom is 0.293 e. The lowest BCUT2D eigenvalue weighted by atomic mass is 10.1. The van der Waals surface area contributed by atoms with Gasteiger partial charge in [-0.25, -0.2) is 0 Å². The van der Waals surface area contributed by atoms with Gasteiger partial charge in [0.05, 0.1) is 6.42 Å². The number of aromatic nitrogens is 3. The molecule has 1 aromatic heterocycles. The zero-order valence-electron chi connectivity index (χ0n) is 11.5. The zero-order valence-corrected chi connectivity index (χ0v) is 11.5. The van der Waals surface area contributed by atoms with E-state index >= 15 is 0 Å². The number of nitrogen functional groups attached to an aromatic ring is 1. The third-order valence-electron chi connectivity index (χ3n) is 2.67. The molecular weight excluding hydrogens is 272 g/mol. The monoisotopic (exact) mass is 288 g/mol. The Kier molecular flexibility index (Phi) is 4.50. The highest BCUT2D eigenvalue weighted by Gasteiger charge is 2.11. The second kappa shape index (κ2) is 6.51. The molecule has 0 spiro atoms. The first-order valence-electron chi connectivity index (χ1n) is 6.43. The van der Waals surface area contributed by atoms with Crippen molar-refractivity contribution in [3.05, 3.63) is 35.7 Å². The van der Waals surface area contributed by atoms with E-state index in [0.717, 1.165) is 5.56 Å². The molecule has 0 aliphatic rings. The smallest absolute Gasteiger partial charge is 0.293 e. The van der Waals surface area contributed by atoms with E-state index in [0.29, 0.717) is 18.7 Å². The number of H-pyrrole nitrogens is 1. The number of nitrogens with two attached hydrogens (primary N) is 1. The van der Waals surface area contributed by atoms with Gasteiger partial charge in [0.1, 0.15) is 0 Å². The largest absolute Gasteiger partial charge is 0.366 e. The van der Waals surface area contributed by atoms with Gasteiger partial charge in [0.2, 0.25) is 17.7 Å². The first-order valence-corrected chi connectivity index (χ1v) is 6.43. The van der Waals surface area contributed by atoms with Crippen LogP contribution in [0.4, 0.5) is 11.6 Å². The van der Waals surface area contributed by atoms with Gasteiger partial charge < -0.3 is 16.4 Å². The number of benzene rings is 1. The van der Waals surface area contributed by atoms with Crippen LogP contribution >= 0.6 is 0 Å². The number of hydrogen-bond donors (Lipinski definition) is 4. The predicted molar refractivity (Wildman–Crippen MR) is 77.6 cm³/mol. The fourth-order valence-electron chi connectivity index (χ4n) is 1.72. The Labute approximate surface area is 121 Å². The number of carbonyl (C=O) groups is 2. The van der Waals surface area contributed by atoms with Crippen molar-refractivity contribution in [2.45, 2.75) is 13.3 Å². The lowest BCUT2D eigenvalue weighted by Gasteiger charge is -2.05. The van der Waals surface area contributed by atoms with Crippen molar-refractivity contribution >= 4 is 23.5 Å². The Bertz CT molecular complexity index is 634. The minimum absolute atomic E-state index is 0.0115. The minimum Gasteiger partial charge on any atom is -0.366 e. The van der Waals surface area contributed by atoms with E-state index in [-0.39, 0.29) is 17.7 Å². The maximum absolute atomic E-state index is 11.8. The number of anilines is 2. The number of amides is 2. The van der Waals surface area contributed by atoms with Crippen molar-refractivity contribution in [1.82, 2.24) is 20.5 Å². The summed E-state index contributed by atoms with van der Waals surface area (Å²) >= 11 is 0. The van der Waals surface area contributed by atoms with Crippen molar-refractivity contribution in [2.24, 2.45) is 0 Å². The van der Waals surface area contributed by atoms with Gasteiger partial charge in [-0.1, -0.05) is 12.1 Å². The van der Waals surface area contributed by atoms with Crippen LogP contribution in [-0.2, 0) is 11.2 Å². The molecule has 0 atom stereocenters. The van der Waals surface area contributed by atoms with Gasteiger partial charge in [0.15, 0.2) is 0 Å². The summed E-state index contributed by atoms with van der Waals surface area (Å²) in [5.41, 5.74) is 6.79. The Morgan fingerprint density at radius 1 is 1.29 bits per heavy atom. The molecule has 0 saturated heterocycles. The molecule has 1 aromatic carbocycles. The summed E-state index contributed by atoms with van der Waals surface area (Å²) in [6.45, 7) is 2.47. The van der Waals surface area contributed by atoms with Crippen LogP contribution in [0.15, 0.2) is 24.3 Å². The minimum atomic E-state index is -0.435. The van der Waals surface area contributed by atoms with Crippen LogP contribution in [0.3, 0.4) is 0 Å². The van der Waals surface area contributed by atoms with Crippen LogP contribution in [0, 0.1) is 0 Å². The van der Waals surface area contributed by atoms with Crippen molar-refractivity contribution in [2.75, 3.05) is 17.6 Å². The van der Waals surface area contributed by atoms with E-state index in [4.69, 9.17) is 5.73 Å². The number of carbonyl (C=O) groups excluding carboxylic acids is 2. The molecule has 0 unspecified atom stereocenters. The second-order valence-corrected chi connectivity index (χ2v) is 4.32. The van der Waals surface area contributed by atoms with Crippen LogP contribution in [0.25, 0.3) is 0 Å². The molecule has 2 amide bonds. The maximum atomic E-state index is 11.8. The number of likely N-dealkylation sites (N-methyl/N-ethyl adjacent to an activating group) is 1. The Morgan fingerprint density at radius 2 is 2.00 bits per heavy atom. The molecular formula is C13H16N6O2. The lowest BCUT2D eigenvalue weighted by Crippen LogP contribution is -2.24. The first kappa shape index (κ1) is 14.5. The first-order chi connectivity index (χ1) is 10.1. The van der Waals surface area contributed by atoms with E-state index in [9.17, 15) is 9.59 Å². The molecule has 1 heterocycles. The van der Waals surface area contributed by atoms with Crippen LogP contribution in [-0.4, -0.2) is 33.5 Å². The molecule has 8 nitrogen and oxygen atoms in total. The topological polar surface area (TPSA) is 126 Å². The van der Waals surface area contributed by atoms with Crippen molar-refractivity contribution < 1.29 is 9.59 Å². The highest BCUT2D eigenvalue weighted by molar-refractivity contribution is 6.01. The molecule has 2 aromatic rings. The van der Waals surface area contributed by atoms with Crippen LogP contribution in [0.5, 0.6) is 0 Å². The average molecular weight is 288 g/mol. The van der Waals surface area contributed by atoms with E-state index in [1.54, 1.807) is 24.3 Å². The van der Waals surface area contributed by atoms with Gasteiger partial charge in [-0.2, -0.15) is 4.98 Å². The summed E-state index contributed by atoms with van der Waals surface area (Å²) in [5, 5.41) is 11.4. The third kappa shape index (κ3) is 4.03. The Hall–Kier alpha value is -2.90.